The smallest absolute Gasteiger partial charge is 0.306 e. The number of rotatable bonds is 32. The molecule has 0 bridgehead atoms. The van der Waals surface area contributed by atoms with Gasteiger partial charge in [0, 0.05) is 18.9 Å². The minimum absolute atomic E-state index is 0.0698. The van der Waals surface area contributed by atoms with Crippen LogP contribution >= 0.6 is 0 Å². The van der Waals surface area contributed by atoms with Crippen LogP contribution in [0.1, 0.15) is 189 Å². The molecule has 0 aliphatic rings. The number of allylic oxidation sites excluding steroid dienone is 2. The summed E-state index contributed by atoms with van der Waals surface area (Å²) in [5.74, 6) is -0.140. The van der Waals surface area contributed by atoms with Gasteiger partial charge in [0.2, 0.25) is 0 Å². The summed E-state index contributed by atoms with van der Waals surface area (Å²) in [6.45, 7) is 17.0. The Morgan fingerprint density at radius 2 is 0.936 bits per heavy atom. The van der Waals surface area contributed by atoms with Gasteiger partial charge in [-0.1, -0.05) is 149 Å². The second-order valence-corrected chi connectivity index (χ2v) is 19.9. The normalized spacial score (nSPS) is 12.5. The average Bonchev–Trinajstić information content (AvgIpc) is 3.01. The maximum Gasteiger partial charge on any atom is 0.306 e. The monoisotopic (exact) mass is 679 g/mol. The first-order chi connectivity index (χ1) is 22.5. The maximum atomic E-state index is 12.0. The Kier molecular flexibility index (Phi) is 29.7. The van der Waals surface area contributed by atoms with Gasteiger partial charge >= 0.3 is 11.9 Å². The van der Waals surface area contributed by atoms with Gasteiger partial charge in [-0.05, 0) is 69.5 Å². The zero-order valence-corrected chi connectivity index (χ0v) is 33.3. The summed E-state index contributed by atoms with van der Waals surface area (Å²) in [4.78, 5) is 24.0. The van der Waals surface area contributed by atoms with Crippen molar-refractivity contribution >= 4 is 20.3 Å². The van der Waals surface area contributed by atoms with Crippen LogP contribution in [0.5, 0.6) is 0 Å². The fourth-order valence-electron chi connectivity index (χ4n) is 5.38. The van der Waals surface area contributed by atoms with Gasteiger partial charge in [-0.25, -0.2) is 0 Å². The summed E-state index contributed by atoms with van der Waals surface area (Å²) < 4.78 is 17.6. The second kappa shape index (κ2) is 30.6. The fraction of sp³-hybridized carbons (Fsp3) is 0.854. The van der Waals surface area contributed by atoms with Gasteiger partial charge in [-0.2, -0.15) is 0 Å². The quantitative estimate of drug-likeness (QED) is 0.0307. The zero-order chi connectivity index (χ0) is 35.1. The van der Waals surface area contributed by atoms with Crippen LogP contribution in [0.4, 0.5) is 0 Å². The van der Waals surface area contributed by atoms with Crippen LogP contribution in [0.3, 0.4) is 0 Å². The highest BCUT2D eigenvalue weighted by Gasteiger charge is 2.38. The molecule has 0 unspecified atom stereocenters. The summed E-state index contributed by atoms with van der Waals surface area (Å²) in [5, 5.41) is 0.212. The van der Waals surface area contributed by atoms with Crippen molar-refractivity contribution in [2.24, 2.45) is 0 Å². The van der Waals surface area contributed by atoms with Gasteiger partial charge in [0.25, 0.3) is 0 Å². The van der Waals surface area contributed by atoms with Crippen molar-refractivity contribution in [3.8, 4) is 0 Å². The minimum Gasteiger partial charge on any atom is -0.461 e. The molecule has 0 aliphatic carbocycles. The molecule has 0 rings (SSSR count). The molecule has 6 heteroatoms. The summed E-state index contributed by atoms with van der Waals surface area (Å²) in [5.41, 5.74) is 0. The van der Waals surface area contributed by atoms with E-state index in [1.165, 1.54) is 77.0 Å². The van der Waals surface area contributed by atoms with Gasteiger partial charge in [0.05, 0.1) is 0 Å². The van der Waals surface area contributed by atoms with Crippen LogP contribution in [0.25, 0.3) is 0 Å². The molecule has 0 spiro atoms. The topological polar surface area (TPSA) is 61.8 Å². The highest BCUT2D eigenvalue weighted by atomic mass is 28.4. The van der Waals surface area contributed by atoms with Gasteiger partial charge in [0.1, 0.15) is 13.2 Å². The lowest BCUT2D eigenvalue weighted by atomic mass is 10.0. The van der Waals surface area contributed by atoms with E-state index in [0.717, 1.165) is 64.2 Å². The van der Waals surface area contributed by atoms with Crippen molar-refractivity contribution in [2.45, 2.75) is 213 Å². The average molecular weight is 679 g/mol. The van der Waals surface area contributed by atoms with Crippen molar-refractivity contribution in [3.63, 3.8) is 0 Å². The molecular weight excluding hydrogens is 601 g/mol. The zero-order valence-electron chi connectivity index (χ0n) is 32.3. The highest BCUT2D eigenvalue weighted by Crippen LogP contribution is 2.38. The third-order valence-corrected chi connectivity index (χ3v) is 14.1. The molecule has 47 heavy (non-hydrogen) atoms. The van der Waals surface area contributed by atoms with Crippen LogP contribution in [0.15, 0.2) is 24.3 Å². The number of hydrogen-bond donors (Lipinski definition) is 0. The summed E-state index contributed by atoms with van der Waals surface area (Å²) in [7, 11) is -1.82. The lowest BCUT2D eigenvalue weighted by molar-refractivity contribution is -0.143. The van der Waals surface area contributed by atoms with Crippen LogP contribution < -0.4 is 0 Å². The van der Waals surface area contributed by atoms with E-state index in [9.17, 15) is 9.59 Å². The molecule has 5 nitrogen and oxygen atoms in total. The Balaban J connectivity index is 4.14. The van der Waals surface area contributed by atoms with E-state index in [1.54, 1.807) is 0 Å². The maximum absolute atomic E-state index is 12.0. The van der Waals surface area contributed by atoms with Crippen molar-refractivity contribution in [2.75, 3.05) is 13.2 Å². The summed E-state index contributed by atoms with van der Waals surface area (Å²) in [6.07, 6.45) is 35.3. The van der Waals surface area contributed by atoms with Gasteiger partial charge < -0.3 is 13.9 Å². The molecule has 0 amide bonds. The van der Waals surface area contributed by atoms with E-state index in [-0.39, 0.29) is 17.0 Å². The number of carbonyl (C=O) groups is 2. The van der Waals surface area contributed by atoms with E-state index < -0.39 is 8.32 Å². The Morgan fingerprint density at radius 3 is 1.34 bits per heavy atom. The van der Waals surface area contributed by atoms with Gasteiger partial charge in [0.15, 0.2) is 8.32 Å². The summed E-state index contributed by atoms with van der Waals surface area (Å²) >= 11 is 0. The molecule has 0 aromatic carbocycles. The molecule has 0 aliphatic heterocycles. The highest BCUT2D eigenvalue weighted by molar-refractivity contribution is 6.74. The number of ether oxygens (including phenoxy) is 2. The number of hydrogen-bond acceptors (Lipinski definition) is 5. The van der Waals surface area contributed by atoms with E-state index in [2.05, 4.69) is 59.9 Å². The molecule has 0 aromatic heterocycles. The molecule has 0 aromatic rings. The Labute approximate surface area is 293 Å². The first kappa shape index (κ1) is 45.6. The van der Waals surface area contributed by atoms with Crippen LogP contribution in [0.2, 0.25) is 18.1 Å². The molecule has 0 saturated heterocycles. The number of unbranched alkanes of at least 4 members (excludes halogenated alkanes) is 16. The third-order valence-electron chi connectivity index (χ3n) is 9.54. The first-order valence-electron chi connectivity index (χ1n) is 19.8. The lowest BCUT2D eigenvalue weighted by Crippen LogP contribution is -2.44. The van der Waals surface area contributed by atoms with Crippen molar-refractivity contribution < 1.29 is 23.5 Å². The largest absolute Gasteiger partial charge is 0.461 e. The Morgan fingerprint density at radius 1 is 0.553 bits per heavy atom. The Bertz CT molecular complexity index is 746. The predicted octanol–water partition coefficient (Wildman–Crippen LogP) is 13.0. The molecular formula is C41H78O5Si. The number of esters is 2. The third kappa shape index (κ3) is 29.3. The molecule has 276 valence electrons. The van der Waals surface area contributed by atoms with Crippen LogP contribution in [-0.2, 0) is 23.5 Å². The van der Waals surface area contributed by atoms with E-state index in [0.29, 0.717) is 32.2 Å². The van der Waals surface area contributed by atoms with Gasteiger partial charge in [-0.15, -0.1) is 0 Å². The summed E-state index contributed by atoms with van der Waals surface area (Å²) in [6, 6.07) is 0. The van der Waals surface area contributed by atoms with Crippen molar-refractivity contribution in [1.29, 1.82) is 0 Å². The van der Waals surface area contributed by atoms with Crippen molar-refractivity contribution in [3.05, 3.63) is 24.3 Å². The first-order valence-corrected chi connectivity index (χ1v) is 22.7. The standard InChI is InChI=1S/C41H78O5Si/c1-8-10-12-14-16-24-30-36-44-39(42)34-28-22-18-20-26-32-38(46-47(6,7)41(3,4)5)33-27-21-19-23-29-35-40(43)45-37-31-25-17-15-13-11-9-2/h24-25,30-31,38H,8-23,26-29,32-37H2,1-7H3/b30-24-,31-25-. The molecule has 0 N–H and O–H groups in total. The second-order valence-electron chi connectivity index (χ2n) is 15.1. The molecule has 0 radical (unpaired) electrons. The predicted molar refractivity (Wildman–Crippen MR) is 204 cm³/mol. The van der Waals surface area contributed by atoms with E-state index in [1.807, 2.05) is 12.2 Å². The molecule has 0 heterocycles. The van der Waals surface area contributed by atoms with E-state index >= 15 is 0 Å². The van der Waals surface area contributed by atoms with Crippen molar-refractivity contribution in [1.82, 2.24) is 0 Å². The fourth-order valence-corrected chi connectivity index (χ4v) is 6.80. The Hall–Kier alpha value is -1.40. The number of carbonyl (C=O) groups excluding carboxylic acids is 2. The van der Waals surface area contributed by atoms with Crippen LogP contribution in [0, 0.1) is 0 Å². The molecule has 0 atom stereocenters. The molecule has 0 saturated carbocycles. The molecule has 0 fully saturated rings. The lowest BCUT2D eigenvalue weighted by Gasteiger charge is -2.39. The van der Waals surface area contributed by atoms with Crippen LogP contribution in [-0.4, -0.2) is 39.6 Å². The SMILES string of the molecule is CCCCCC/C=C\COC(=O)CCCCCCCC(CCCCCCCC(=O)OC/C=C\CCCCCC)O[Si](C)(C)C(C)(C)C. The van der Waals surface area contributed by atoms with E-state index in [4.69, 9.17) is 13.9 Å². The van der Waals surface area contributed by atoms with Gasteiger partial charge in [-0.3, -0.25) is 9.59 Å². The minimum atomic E-state index is -1.82.